The molecule has 0 bridgehead atoms. The van der Waals surface area contributed by atoms with E-state index in [1.165, 1.54) is 11.1 Å². The summed E-state index contributed by atoms with van der Waals surface area (Å²) in [4.78, 5) is 10.8. The lowest BCUT2D eigenvalue weighted by Crippen LogP contribution is -2.27. The van der Waals surface area contributed by atoms with Crippen molar-refractivity contribution in [1.29, 1.82) is 0 Å². The van der Waals surface area contributed by atoms with E-state index >= 15 is 0 Å². The Morgan fingerprint density at radius 2 is 2.00 bits per heavy atom. The number of carbonyl (C=O) groups is 1. The fourth-order valence-electron chi connectivity index (χ4n) is 2.03. The largest absolute Gasteiger partial charge is 0.481 e. The fourth-order valence-corrected chi connectivity index (χ4v) is 2.03. The number of rotatable bonds is 1. The summed E-state index contributed by atoms with van der Waals surface area (Å²) in [5.41, 5.74) is 4.62. The second-order valence-corrected chi connectivity index (χ2v) is 3.69. The average molecular weight is 176 g/mol. The van der Waals surface area contributed by atoms with Crippen LogP contribution >= 0.6 is 0 Å². The summed E-state index contributed by atoms with van der Waals surface area (Å²) in [7, 11) is 0. The van der Waals surface area contributed by atoms with Crippen LogP contribution in [0.3, 0.4) is 0 Å². The lowest BCUT2D eigenvalue weighted by molar-refractivity contribution is -0.139. The van der Waals surface area contributed by atoms with Gasteiger partial charge in [-0.2, -0.15) is 0 Å². The maximum atomic E-state index is 10.8. The highest BCUT2D eigenvalue weighted by molar-refractivity contribution is 5.81. The first-order valence-corrected chi connectivity index (χ1v) is 4.43. The topological polar surface area (TPSA) is 37.3 Å². The summed E-state index contributed by atoms with van der Waals surface area (Å²) < 4.78 is 0. The summed E-state index contributed by atoms with van der Waals surface area (Å²) in [6, 6.07) is 4.06. The van der Waals surface area contributed by atoms with Crippen LogP contribution in [0.5, 0.6) is 0 Å². The summed E-state index contributed by atoms with van der Waals surface area (Å²) in [6.45, 7) is 4.02. The molecule has 0 saturated heterocycles. The summed E-state index contributed by atoms with van der Waals surface area (Å²) in [5, 5.41) is 8.90. The zero-order chi connectivity index (χ0) is 9.59. The van der Waals surface area contributed by atoms with Crippen molar-refractivity contribution in [2.24, 2.45) is 0 Å². The van der Waals surface area contributed by atoms with Gasteiger partial charge in [0.15, 0.2) is 0 Å². The zero-order valence-corrected chi connectivity index (χ0v) is 7.79. The number of aryl methyl sites for hydroxylation is 2. The molecule has 0 fully saturated rings. The molecule has 1 unspecified atom stereocenters. The van der Waals surface area contributed by atoms with Gasteiger partial charge in [-0.15, -0.1) is 0 Å². The molecule has 2 nitrogen and oxygen atoms in total. The fraction of sp³-hybridized carbons (Fsp3) is 0.364. The van der Waals surface area contributed by atoms with Gasteiger partial charge >= 0.3 is 5.97 Å². The Labute approximate surface area is 77.2 Å². The summed E-state index contributed by atoms with van der Waals surface area (Å²) in [5.74, 6) is -0.948. The van der Waals surface area contributed by atoms with Crippen molar-refractivity contribution >= 4 is 5.97 Å². The number of hydrogen-bond acceptors (Lipinski definition) is 1. The van der Waals surface area contributed by atoms with E-state index in [0.29, 0.717) is 6.42 Å². The molecule has 1 aliphatic rings. The number of carboxylic acids is 1. The minimum Gasteiger partial charge on any atom is -0.481 e. The first-order chi connectivity index (χ1) is 6.11. The van der Waals surface area contributed by atoms with E-state index in [2.05, 4.69) is 6.07 Å². The second-order valence-electron chi connectivity index (χ2n) is 3.69. The van der Waals surface area contributed by atoms with E-state index in [1.54, 1.807) is 0 Å². The summed E-state index contributed by atoms with van der Waals surface area (Å²) in [6.07, 6.45) is 0.707. The van der Waals surface area contributed by atoms with Crippen molar-refractivity contribution in [2.45, 2.75) is 26.2 Å². The van der Waals surface area contributed by atoms with Crippen LogP contribution in [0.1, 0.15) is 28.2 Å². The van der Waals surface area contributed by atoms with E-state index in [9.17, 15) is 4.79 Å². The van der Waals surface area contributed by atoms with Gasteiger partial charge in [0, 0.05) is 0 Å². The number of aliphatic carboxylic acids is 1. The third-order valence-corrected chi connectivity index (χ3v) is 2.86. The van der Waals surface area contributed by atoms with Crippen LogP contribution in [-0.4, -0.2) is 11.1 Å². The maximum Gasteiger partial charge on any atom is 0.311 e. The SMILES string of the molecule is Cc1ccc(C)c2c1CC2C(=O)O. The monoisotopic (exact) mass is 176 g/mol. The molecule has 2 rings (SSSR count). The van der Waals surface area contributed by atoms with Gasteiger partial charge in [0.1, 0.15) is 0 Å². The van der Waals surface area contributed by atoms with Crippen molar-refractivity contribution in [3.05, 3.63) is 34.4 Å². The van der Waals surface area contributed by atoms with E-state index in [0.717, 1.165) is 11.1 Å². The van der Waals surface area contributed by atoms with Gasteiger partial charge in [0.25, 0.3) is 0 Å². The third kappa shape index (κ3) is 1.05. The second kappa shape index (κ2) is 2.59. The van der Waals surface area contributed by atoms with Gasteiger partial charge in [-0.1, -0.05) is 12.1 Å². The molecule has 0 aromatic heterocycles. The normalized spacial score (nSPS) is 19.1. The molecule has 0 amide bonds. The van der Waals surface area contributed by atoms with Crippen LogP contribution < -0.4 is 0 Å². The van der Waals surface area contributed by atoms with Crippen LogP contribution in [0.2, 0.25) is 0 Å². The van der Waals surface area contributed by atoms with Crippen molar-refractivity contribution in [2.75, 3.05) is 0 Å². The highest BCUT2D eigenvalue weighted by Crippen LogP contribution is 2.39. The zero-order valence-electron chi connectivity index (χ0n) is 7.79. The average Bonchev–Trinajstić information content (AvgIpc) is 1.95. The molecule has 0 heterocycles. The molecule has 0 aliphatic heterocycles. The molecule has 0 radical (unpaired) electrons. The molecule has 2 heteroatoms. The van der Waals surface area contributed by atoms with Crippen molar-refractivity contribution in [1.82, 2.24) is 0 Å². The van der Waals surface area contributed by atoms with Gasteiger partial charge in [0.05, 0.1) is 5.92 Å². The van der Waals surface area contributed by atoms with Gasteiger partial charge < -0.3 is 5.11 Å². The molecule has 1 atom stereocenters. The lowest BCUT2D eigenvalue weighted by atomic mass is 9.73. The molecule has 1 aromatic carbocycles. The van der Waals surface area contributed by atoms with E-state index in [4.69, 9.17) is 5.11 Å². The smallest absolute Gasteiger partial charge is 0.311 e. The molecule has 0 saturated carbocycles. The molecule has 13 heavy (non-hydrogen) atoms. The van der Waals surface area contributed by atoms with E-state index < -0.39 is 5.97 Å². The molecular weight excluding hydrogens is 164 g/mol. The van der Waals surface area contributed by atoms with E-state index in [-0.39, 0.29) is 5.92 Å². The van der Waals surface area contributed by atoms with Crippen LogP contribution in [0.4, 0.5) is 0 Å². The number of fused-ring (bicyclic) bond motifs is 1. The van der Waals surface area contributed by atoms with Gasteiger partial charge in [-0.25, -0.2) is 0 Å². The number of hydrogen-bond donors (Lipinski definition) is 1. The Bertz CT molecular complexity index is 380. The van der Waals surface area contributed by atoms with E-state index in [1.807, 2.05) is 19.9 Å². The minimum absolute atomic E-state index is 0.255. The standard InChI is InChI=1S/C11H12O2/c1-6-3-4-7(2)10-8(6)5-9(10)11(12)13/h3-4,9H,5H2,1-2H3,(H,12,13). The van der Waals surface area contributed by atoms with Gasteiger partial charge in [0.2, 0.25) is 0 Å². The van der Waals surface area contributed by atoms with Crippen molar-refractivity contribution < 1.29 is 9.90 Å². The van der Waals surface area contributed by atoms with Crippen LogP contribution in [-0.2, 0) is 11.2 Å². The maximum absolute atomic E-state index is 10.8. The molecule has 68 valence electrons. The van der Waals surface area contributed by atoms with Crippen LogP contribution in [0, 0.1) is 13.8 Å². The quantitative estimate of drug-likeness (QED) is 0.710. The van der Waals surface area contributed by atoms with Crippen molar-refractivity contribution in [3.8, 4) is 0 Å². The predicted molar refractivity (Wildman–Crippen MR) is 50.0 cm³/mol. The van der Waals surface area contributed by atoms with Gasteiger partial charge in [-0.3, -0.25) is 4.79 Å². The predicted octanol–water partition coefficient (Wildman–Crippen LogP) is 2.03. The number of carboxylic acid groups (broad SMARTS) is 1. The molecule has 0 spiro atoms. The molecule has 1 aliphatic carbocycles. The Morgan fingerprint density at radius 3 is 2.62 bits per heavy atom. The first kappa shape index (κ1) is 8.30. The van der Waals surface area contributed by atoms with Crippen LogP contribution in [0.15, 0.2) is 12.1 Å². The number of benzene rings is 1. The lowest BCUT2D eigenvalue weighted by Gasteiger charge is -2.30. The Morgan fingerprint density at radius 1 is 1.38 bits per heavy atom. The highest BCUT2D eigenvalue weighted by Gasteiger charge is 2.34. The Hall–Kier alpha value is -1.31. The molecular formula is C11H12O2. The van der Waals surface area contributed by atoms with Crippen LogP contribution in [0.25, 0.3) is 0 Å². The van der Waals surface area contributed by atoms with Crippen molar-refractivity contribution in [3.63, 3.8) is 0 Å². The Balaban J connectivity index is 2.51. The molecule has 1 N–H and O–H groups in total. The summed E-state index contributed by atoms with van der Waals surface area (Å²) >= 11 is 0. The molecule has 1 aromatic rings. The Kier molecular flexibility index (Phi) is 1.65. The minimum atomic E-state index is -0.693. The first-order valence-electron chi connectivity index (χ1n) is 4.43. The highest BCUT2D eigenvalue weighted by atomic mass is 16.4. The van der Waals surface area contributed by atoms with Gasteiger partial charge in [-0.05, 0) is 42.5 Å². The third-order valence-electron chi connectivity index (χ3n) is 2.86.